The van der Waals surface area contributed by atoms with Gasteiger partial charge in [0.1, 0.15) is 0 Å². The van der Waals surface area contributed by atoms with Gasteiger partial charge in [0.2, 0.25) is 12.7 Å². The van der Waals surface area contributed by atoms with E-state index in [1.54, 1.807) is 24.3 Å². The Morgan fingerprint density at radius 3 is 2.85 bits per heavy atom. The Hall–Kier alpha value is -3.88. The summed E-state index contributed by atoms with van der Waals surface area (Å²) in [5, 5.41) is 14.0. The van der Waals surface area contributed by atoms with E-state index < -0.39 is 5.97 Å². The number of hydrogen-bond acceptors (Lipinski definition) is 9. The maximum absolute atomic E-state index is 11.9. The molecule has 0 saturated carbocycles. The number of ether oxygens (including phenoxy) is 3. The lowest BCUT2D eigenvalue weighted by Gasteiger charge is -2.10. The van der Waals surface area contributed by atoms with Gasteiger partial charge in [-0.2, -0.15) is 10.1 Å². The largest absolute Gasteiger partial charge is 0.465 e. The first-order valence-corrected chi connectivity index (χ1v) is 8.04. The standard InChI is InChI=1S/C18H15N5O4/c1-25-17(24)12-4-2-3-5-13(12)21-18-22-16(9-19-23-18)20-11-6-7-14-15(8-11)27-10-26-14/h2-9H,10H2,1H3,(H2,20,21,22,23). The minimum atomic E-state index is -0.458. The van der Waals surface area contributed by atoms with E-state index in [4.69, 9.17) is 14.2 Å². The van der Waals surface area contributed by atoms with E-state index in [1.165, 1.54) is 13.3 Å². The van der Waals surface area contributed by atoms with Crippen LogP contribution in [0.4, 0.5) is 23.1 Å². The number of esters is 1. The van der Waals surface area contributed by atoms with Gasteiger partial charge in [0, 0.05) is 11.8 Å². The van der Waals surface area contributed by atoms with E-state index in [2.05, 4.69) is 25.8 Å². The van der Waals surface area contributed by atoms with Gasteiger partial charge in [-0.3, -0.25) is 0 Å². The van der Waals surface area contributed by atoms with Crippen LogP contribution in [-0.2, 0) is 4.74 Å². The lowest BCUT2D eigenvalue weighted by Crippen LogP contribution is -2.08. The van der Waals surface area contributed by atoms with Crippen molar-refractivity contribution in [2.24, 2.45) is 0 Å². The number of para-hydroxylation sites is 1. The molecule has 0 fully saturated rings. The monoisotopic (exact) mass is 365 g/mol. The number of methoxy groups -OCH3 is 1. The van der Waals surface area contributed by atoms with Crippen LogP contribution >= 0.6 is 0 Å². The summed E-state index contributed by atoms with van der Waals surface area (Å²) in [6, 6.07) is 12.4. The molecular weight excluding hydrogens is 350 g/mol. The van der Waals surface area contributed by atoms with Gasteiger partial charge in [-0.25, -0.2) is 4.79 Å². The Bertz CT molecular complexity index is 995. The van der Waals surface area contributed by atoms with Gasteiger partial charge in [0.15, 0.2) is 17.3 Å². The first-order valence-electron chi connectivity index (χ1n) is 8.04. The molecule has 4 rings (SSSR count). The van der Waals surface area contributed by atoms with Gasteiger partial charge in [-0.05, 0) is 24.3 Å². The number of nitrogens with one attached hydrogen (secondary N) is 2. The Balaban J connectivity index is 1.54. The molecule has 2 N–H and O–H groups in total. The molecule has 0 radical (unpaired) electrons. The van der Waals surface area contributed by atoms with E-state index >= 15 is 0 Å². The molecule has 1 aliphatic rings. The summed E-state index contributed by atoms with van der Waals surface area (Å²) in [4.78, 5) is 16.2. The van der Waals surface area contributed by atoms with Crippen LogP contribution in [0.15, 0.2) is 48.7 Å². The van der Waals surface area contributed by atoms with Crippen LogP contribution in [0.2, 0.25) is 0 Å². The highest BCUT2D eigenvalue weighted by Crippen LogP contribution is 2.34. The Morgan fingerprint density at radius 2 is 1.96 bits per heavy atom. The van der Waals surface area contributed by atoms with Gasteiger partial charge < -0.3 is 24.8 Å². The smallest absolute Gasteiger partial charge is 0.339 e. The summed E-state index contributed by atoms with van der Waals surface area (Å²) >= 11 is 0. The van der Waals surface area contributed by atoms with Crippen LogP contribution in [0.1, 0.15) is 10.4 Å². The minimum Gasteiger partial charge on any atom is -0.465 e. The molecule has 1 aliphatic heterocycles. The first kappa shape index (κ1) is 16.6. The van der Waals surface area contributed by atoms with Crippen molar-refractivity contribution < 1.29 is 19.0 Å². The number of fused-ring (bicyclic) bond motifs is 1. The average Bonchev–Trinajstić information content (AvgIpc) is 3.16. The van der Waals surface area contributed by atoms with Crippen LogP contribution in [0.5, 0.6) is 11.5 Å². The third-order valence-corrected chi connectivity index (χ3v) is 3.78. The topological polar surface area (TPSA) is 107 Å². The van der Waals surface area contributed by atoms with Gasteiger partial charge in [0.05, 0.1) is 24.6 Å². The minimum absolute atomic E-state index is 0.210. The number of nitrogens with zero attached hydrogens (tertiary/aromatic N) is 3. The number of benzene rings is 2. The number of carbonyl (C=O) groups is 1. The summed E-state index contributed by atoms with van der Waals surface area (Å²) in [7, 11) is 1.33. The summed E-state index contributed by atoms with van der Waals surface area (Å²) in [5.41, 5.74) is 1.66. The molecule has 2 heterocycles. The number of hydrogen-bond donors (Lipinski definition) is 2. The molecule has 136 valence electrons. The second kappa shape index (κ2) is 7.16. The maximum atomic E-state index is 11.9. The van der Waals surface area contributed by atoms with Crippen molar-refractivity contribution in [1.29, 1.82) is 0 Å². The van der Waals surface area contributed by atoms with Crippen molar-refractivity contribution in [2.45, 2.75) is 0 Å². The SMILES string of the molecule is COC(=O)c1ccccc1Nc1nncc(Nc2ccc3c(c2)OCO3)n1. The second-order valence-electron chi connectivity index (χ2n) is 5.52. The highest BCUT2D eigenvalue weighted by Gasteiger charge is 2.14. The molecular formula is C18H15N5O4. The van der Waals surface area contributed by atoms with Gasteiger partial charge >= 0.3 is 5.97 Å². The lowest BCUT2D eigenvalue weighted by molar-refractivity contribution is 0.0602. The van der Waals surface area contributed by atoms with Gasteiger partial charge in [-0.1, -0.05) is 12.1 Å². The Morgan fingerprint density at radius 1 is 1.11 bits per heavy atom. The fourth-order valence-electron chi connectivity index (χ4n) is 2.54. The number of aromatic nitrogens is 3. The highest BCUT2D eigenvalue weighted by atomic mass is 16.7. The van der Waals surface area contributed by atoms with Crippen LogP contribution in [0.25, 0.3) is 0 Å². The molecule has 0 spiro atoms. The van der Waals surface area contributed by atoms with Crippen molar-refractivity contribution in [3.8, 4) is 11.5 Å². The summed E-state index contributed by atoms with van der Waals surface area (Å²) in [6.07, 6.45) is 1.49. The number of rotatable bonds is 5. The molecule has 0 bridgehead atoms. The fraction of sp³-hybridized carbons (Fsp3) is 0.111. The first-order chi connectivity index (χ1) is 13.2. The third kappa shape index (κ3) is 3.56. The van der Waals surface area contributed by atoms with E-state index in [0.29, 0.717) is 28.6 Å². The fourth-order valence-corrected chi connectivity index (χ4v) is 2.54. The second-order valence-corrected chi connectivity index (χ2v) is 5.52. The van der Waals surface area contributed by atoms with Crippen molar-refractivity contribution in [2.75, 3.05) is 24.5 Å². The molecule has 9 heteroatoms. The predicted molar refractivity (Wildman–Crippen MR) is 96.7 cm³/mol. The maximum Gasteiger partial charge on any atom is 0.339 e. The highest BCUT2D eigenvalue weighted by molar-refractivity contribution is 5.96. The molecule has 27 heavy (non-hydrogen) atoms. The predicted octanol–water partition coefficient (Wildman–Crippen LogP) is 2.87. The van der Waals surface area contributed by atoms with Crippen molar-refractivity contribution >= 4 is 29.1 Å². The quantitative estimate of drug-likeness (QED) is 0.660. The lowest BCUT2D eigenvalue weighted by atomic mass is 10.2. The Labute approximate surface area is 154 Å². The number of carbonyl (C=O) groups excluding carboxylic acids is 1. The van der Waals surface area contributed by atoms with Crippen molar-refractivity contribution in [3.63, 3.8) is 0 Å². The van der Waals surface area contributed by atoms with E-state index in [9.17, 15) is 4.79 Å². The Kier molecular flexibility index (Phi) is 4.40. The van der Waals surface area contributed by atoms with Crippen molar-refractivity contribution in [1.82, 2.24) is 15.2 Å². The van der Waals surface area contributed by atoms with Gasteiger partial charge in [-0.15, -0.1) is 5.10 Å². The molecule has 0 atom stereocenters. The van der Waals surface area contributed by atoms with E-state index in [0.717, 1.165) is 5.69 Å². The molecule has 2 aromatic carbocycles. The van der Waals surface area contributed by atoms with Crippen LogP contribution < -0.4 is 20.1 Å². The molecule has 0 aliphatic carbocycles. The van der Waals surface area contributed by atoms with Gasteiger partial charge in [0.25, 0.3) is 0 Å². The molecule has 3 aromatic rings. The zero-order chi connectivity index (χ0) is 18.6. The molecule has 1 aromatic heterocycles. The van der Waals surface area contributed by atoms with E-state index in [1.807, 2.05) is 18.2 Å². The average molecular weight is 365 g/mol. The third-order valence-electron chi connectivity index (χ3n) is 3.78. The molecule has 0 unspecified atom stereocenters. The zero-order valence-electron chi connectivity index (χ0n) is 14.3. The zero-order valence-corrected chi connectivity index (χ0v) is 14.3. The molecule has 9 nitrogen and oxygen atoms in total. The van der Waals surface area contributed by atoms with Crippen molar-refractivity contribution in [3.05, 3.63) is 54.2 Å². The van der Waals surface area contributed by atoms with Crippen LogP contribution in [0.3, 0.4) is 0 Å². The van der Waals surface area contributed by atoms with Crippen LogP contribution in [-0.4, -0.2) is 35.1 Å². The van der Waals surface area contributed by atoms with Crippen LogP contribution in [0, 0.1) is 0 Å². The molecule has 0 amide bonds. The summed E-state index contributed by atoms with van der Waals surface area (Å²) in [6.45, 7) is 0.210. The normalized spacial score (nSPS) is 11.7. The summed E-state index contributed by atoms with van der Waals surface area (Å²) in [5.74, 6) is 1.61. The van der Waals surface area contributed by atoms with E-state index in [-0.39, 0.29) is 12.7 Å². The number of anilines is 4. The molecule has 0 saturated heterocycles. The summed E-state index contributed by atoms with van der Waals surface area (Å²) < 4.78 is 15.4.